The fourth-order valence-electron chi connectivity index (χ4n) is 5.71. The van der Waals surface area contributed by atoms with Gasteiger partial charge >= 0.3 is 12.6 Å². The highest BCUT2D eigenvalue weighted by Gasteiger charge is 2.53. The molecule has 256 valence electrons. The van der Waals surface area contributed by atoms with E-state index in [1.807, 2.05) is 6.08 Å². The number of rotatable bonds is 15. The summed E-state index contributed by atoms with van der Waals surface area (Å²) in [7, 11) is -3.73. The highest BCUT2D eigenvalue weighted by Crippen LogP contribution is 2.59. The van der Waals surface area contributed by atoms with Gasteiger partial charge in [-0.3, -0.25) is 9.29 Å². The van der Waals surface area contributed by atoms with E-state index in [2.05, 4.69) is 4.98 Å². The second-order valence-corrected chi connectivity index (χ2v) is 15.8. The van der Waals surface area contributed by atoms with Crippen LogP contribution < -0.4 is 13.8 Å². The molecule has 9 nitrogen and oxygen atoms in total. The number of thiophene rings is 1. The van der Waals surface area contributed by atoms with E-state index in [4.69, 9.17) is 37.4 Å². The molecule has 15 heteroatoms. The Hall–Kier alpha value is -3.23. The number of sulfonamides is 1. The zero-order valence-corrected chi connectivity index (χ0v) is 28.7. The minimum Gasteiger partial charge on any atom is -0.489 e. The van der Waals surface area contributed by atoms with Gasteiger partial charge in [-0.2, -0.15) is 8.78 Å². The van der Waals surface area contributed by atoms with Gasteiger partial charge in [-0.05, 0) is 77.6 Å². The molecule has 3 aliphatic rings. The van der Waals surface area contributed by atoms with Gasteiger partial charge in [-0.1, -0.05) is 41.4 Å². The van der Waals surface area contributed by atoms with Gasteiger partial charge in [0.2, 0.25) is 10.0 Å². The molecule has 0 bridgehead atoms. The number of ether oxygens (including phenoxy) is 3. The lowest BCUT2D eigenvalue weighted by Crippen LogP contribution is -2.28. The van der Waals surface area contributed by atoms with Gasteiger partial charge in [-0.25, -0.2) is 13.2 Å². The van der Waals surface area contributed by atoms with Gasteiger partial charge in [-0.15, -0.1) is 11.3 Å². The Morgan fingerprint density at radius 1 is 1.17 bits per heavy atom. The van der Waals surface area contributed by atoms with Crippen molar-refractivity contribution in [3.05, 3.63) is 92.6 Å². The maximum Gasteiger partial charge on any atom is 0.387 e. The van der Waals surface area contributed by atoms with Crippen LogP contribution in [0.3, 0.4) is 0 Å². The quantitative estimate of drug-likeness (QED) is 0.162. The van der Waals surface area contributed by atoms with Crippen molar-refractivity contribution in [3.63, 3.8) is 0 Å². The van der Waals surface area contributed by atoms with Crippen molar-refractivity contribution in [3.8, 4) is 11.5 Å². The van der Waals surface area contributed by atoms with E-state index in [0.717, 1.165) is 30.4 Å². The van der Waals surface area contributed by atoms with E-state index in [1.165, 1.54) is 34.6 Å². The number of esters is 1. The molecule has 0 radical (unpaired) electrons. The number of pyridine rings is 1. The number of halogens is 4. The largest absolute Gasteiger partial charge is 0.489 e. The summed E-state index contributed by atoms with van der Waals surface area (Å²) in [6.45, 7) is -2.81. The first-order chi connectivity index (χ1) is 22.9. The van der Waals surface area contributed by atoms with Gasteiger partial charge in [0.1, 0.15) is 16.0 Å². The van der Waals surface area contributed by atoms with Crippen LogP contribution in [-0.2, 0) is 21.3 Å². The molecule has 2 heterocycles. The highest BCUT2D eigenvalue weighted by atomic mass is 35.5. The van der Waals surface area contributed by atoms with Crippen molar-refractivity contribution in [2.75, 3.05) is 23.8 Å². The first kappa shape index (κ1) is 34.6. The fraction of sp³-hybridized carbons (Fsp3) is 0.394. The number of alkyl halides is 2. The molecule has 0 aliphatic heterocycles. The molecule has 6 rings (SSSR count). The van der Waals surface area contributed by atoms with Crippen LogP contribution >= 0.6 is 34.5 Å². The van der Waals surface area contributed by atoms with E-state index >= 15 is 0 Å². The number of anilines is 1. The Kier molecular flexibility index (Phi) is 10.3. The molecule has 3 aromatic rings. The molecule has 0 spiro atoms. The SMILES string of the molecule is CS(=O)(=O)N(Cc1cccnc1)c1ccc(C(=O)O[C@@H](CC2=C(Cl)C3C(C=C2Cl)C3CO)c2ccc(OC(F)F)c(OCC3CC3)c2)s1. The van der Waals surface area contributed by atoms with E-state index in [0.29, 0.717) is 44.3 Å². The molecule has 3 aliphatic carbocycles. The second kappa shape index (κ2) is 14.3. The Balaban J connectivity index is 1.30. The lowest BCUT2D eigenvalue weighted by molar-refractivity contribution is -0.0515. The third-order valence-corrected chi connectivity index (χ3v) is 11.7. The van der Waals surface area contributed by atoms with Crippen LogP contribution in [0.5, 0.6) is 11.5 Å². The second-order valence-electron chi connectivity index (χ2n) is 12.0. The Morgan fingerprint density at radius 3 is 2.62 bits per heavy atom. The average molecular weight is 742 g/mol. The van der Waals surface area contributed by atoms with Crippen LogP contribution in [0, 0.1) is 23.7 Å². The summed E-state index contributed by atoms with van der Waals surface area (Å²) in [5.74, 6) is -0.659. The van der Waals surface area contributed by atoms with Crippen LogP contribution in [0.1, 0.15) is 46.2 Å². The van der Waals surface area contributed by atoms with E-state index in [1.54, 1.807) is 24.5 Å². The summed E-state index contributed by atoms with van der Waals surface area (Å²) in [6, 6.07) is 10.8. The average Bonchev–Trinajstić information content (AvgIpc) is 3.95. The summed E-state index contributed by atoms with van der Waals surface area (Å²) in [4.78, 5) is 17.9. The number of aliphatic hydroxyl groups excluding tert-OH is 1. The van der Waals surface area contributed by atoms with E-state index in [9.17, 15) is 27.1 Å². The van der Waals surface area contributed by atoms with Gasteiger partial charge in [0.05, 0.1) is 19.4 Å². The molecule has 1 aromatic carbocycles. The van der Waals surface area contributed by atoms with Gasteiger partial charge < -0.3 is 19.3 Å². The summed E-state index contributed by atoms with van der Waals surface area (Å²) >= 11 is 14.4. The minimum absolute atomic E-state index is 0.00938. The molecule has 0 saturated heterocycles. The Morgan fingerprint density at radius 2 is 1.96 bits per heavy atom. The fourth-order valence-corrected chi connectivity index (χ4v) is 8.65. The van der Waals surface area contributed by atoms with Gasteiger partial charge in [0.25, 0.3) is 0 Å². The number of benzene rings is 1. The minimum atomic E-state index is -3.73. The van der Waals surface area contributed by atoms with Crippen molar-refractivity contribution in [1.82, 2.24) is 4.98 Å². The van der Waals surface area contributed by atoms with Crippen LogP contribution in [-0.4, -0.2) is 50.6 Å². The van der Waals surface area contributed by atoms with Crippen LogP contribution in [0.4, 0.5) is 13.8 Å². The lowest BCUT2D eigenvalue weighted by Gasteiger charge is -2.23. The molecule has 2 aromatic heterocycles. The third kappa shape index (κ3) is 7.97. The first-order valence-electron chi connectivity index (χ1n) is 15.2. The number of aliphatic hydroxyl groups is 1. The third-order valence-electron chi connectivity index (χ3n) is 8.50. The molecular formula is C33H32Cl2F2N2O7S2. The molecule has 48 heavy (non-hydrogen) atoms. The standard InChI is InChI=1S/C33H32Cl2F2N2O7S2/c1-48(42,43)39(15-19-3-2-10-38-14-19)29-9-8-28(47-29)32(41)45-26(13-22-24(34)12-21-23(16-40)30(21)31(22)35)20-6-7-25(46-33(36)37)27(11-20)44-17-18-4-5-18/h2-3,6-12,14,18,21,23,26,30,33,40H,4-5,13,15-17H2,1H3/t21?,23?,26-,30?/m0/s1. The number of aromatic nitrogens is 1. The number of hydrogen-bond acceptors (Lipinski definition) is 9. The molecule has 2 saturated carbocycles. The molecule has 0 amide bonds. The predicted molar refractivity (Wildman–Crippen MR) is 178 cm³/mol. The zero-order chi connectivity index (χ0) is 34.2. The number of carbonyl (C=O) groups is 1. The van der Waals surface area contributed by atoms with Crippen molar-refractivity contribution in [1.29, 1.82) is 0 Å². The molecule has 3 unspecified atom stereocenters. The number of hydrogen-bond donors (Lipinski definition) is 1. The summed E-state index contributed by atoms with van der Waals surface area (Å²) < 4.78 is 69.7. The number of nitrogens with zero attached hydrogens (tertiary/aromatic N) is 2. The summed E-state index contributed by atoms with van der Waals surface area (Å²) in [6.07, 6.45) is 7.02. The Bertz CT molecular complexity index is 1830. The molecular weight excluding hydrogens is 709 g/mol. The van der Waals surface area contributed by atoms with Crippen LogP contribution in [0.25, 0.3) is 0 Å². The highest BCUT2D eigenvalue weighted by molar-refractivity contribution is 7.92. The van der Waals surface area contributed by atoms with E-state index in [-0.39, 0.29) is 53.7 Å². The number of carbonyl (C=O) groups excluding carboxylic acids is 1. The topological polar surface area (TPSA) is 115 Å². The monoisotopic (exact) mass is 740 g/mol. The summed E-state index contributed by atoms with van der Waals surface area (Å²) in [5, 5.41) is 10.9. The van der Waals surface area contributed by atoms with E-state index < -0.39 is 28.7 Å². The number of fused-ring (bicyclic) bond motifs is 1. The van der Waals surface area contributed by atoms with Gasteiger partial charge in [0, 0.05) is 41.4 Å². The van der Waals surface area contributed by atoms with Gasteiger partial charge in [0.15, 0.2) is 11.5 Å². The van der Waals surface area contributed by atoms with Crippen molar-refractivity contribution < 1.29 is 41.3 Å². The Labute approximate surface area is 290 Å². The lowest BCUT2D eigenvalue weighted by atomic mass is 9.96. The first-order valence-corrected chi connectivity index (χ1v) is 18.6. The maximum absolute atomic E-state index is 13.7. The van der Waals surface area contributed by atoms with Crippen molar-refractivity contribution in [2.45, 2.75) is 38.5 Å². The van der Waals surface area contributed by atoms with Crippen LogP contribution in [0.15, 0.2) is 76.6 Å². The van der Waals surface area contributed by atoms with Crippen molar-refractivity contribution >= 4 is 55.5 Å². The van der Waals surface area contributed by atoms with Crippen LogP contribution in [0.2, 0.25) is 0 Å². The predicted octanol–water partition coefficient (Wildman–Crippen LogP) is 7.27. The zero-order valence-electron chi connectivity index (χ0n) is 25.6. The normalized spacial score (nSPS) is 21.0. The molecule has 2 fully saturated rings. The molecule has 4 atom stereocenters. The number of allylic oxidation sites excluding steroid dienone is 3. The summed E-state index contributed by atoms with van der Waals surface area (Å²) in [5.41, 5.74) is 1.61. The van der Waals surface area contributed by atoms with Crippen molar-refractivity contribution in [2.24, 2.45) is 23.7 Å². The molecule has 1 N–H and O–H groups in total. The maximum atomic E-state index is 13.7. The smallest absolute Gasteiger partial charge is 0.387 e.